The third-order valence-corrected chi connectivity index (χ3v) is 4.18. The number of carbonyl (C=O) groups is 1. The molecule has 0 atom stereocenters. The third kappa shape index (κ3) is 3.76. The molecule has 0 bridgehead atoms. The summed E-state index contributed by atoms with van der Waals surface area (Å²) in [6.07, 6.45) is 0.567. The number of para-hydroxylation sites is 2. The Hall–Kier alpha value is -2.95. The van der Waals surface area contributed by atoms with Gasteiger partial charge in [-0.1, -0.05) is 24.3 Å². The highest BCUT2D eigenvalue weighted by atomic mass is 16.2. The topological polar surface area (TPSA) is 66.1 Å². The standard InChI is InChI=1S/C20H21N3O2/c1-3-23(15-8-6-7-14(2)13-15)19(24)12-11-18-20(25)22-17-10-5-4-9-16(17)21-18/h4-10,13H,3,11-12H2,1-2H3,(H,22,25). The molecule has 0 spiro atoms. The van der Waals surface area contributed by atoms with Gasteiger partial charge in [0.25, 0.3) is 5.56 Å². The summed E-state index contributed by atoms with van der Waals surface area (Å²) < 4.78 is 0. The first kappa shape index (κ1) is 16.9. The van der Waals surface area contributed by atoms with Gasteiger partial charge in [-0.2, -0.15) is 0 Å². The van der Waals surface area contributed by atoms with Crippen molar-refractivity contribution in [3.63, 3.8) is 0 Å². The summed E-state index contributed by atoms with van der Waals surface area (Å²) in [5, 5.41) is 0. The molecular weight excluding hydrogens is 314 g/mol. The van der Waals surface area contributed by atoms with Gasteiger partial charge in [-0.15, -0.1) is 0 Å². The number of aryl methyl sites for hydroxylation is 2. The molecule has 0 aliphatic rings. The maximum Gasteiger partial charge on any atom is 0.270 e. The lowest BCUT2D eigenvalue weighted by molar-refractivity contribution is -0.118. The zero-order valence-corrected chi connectivity index (χ0v) is 14.5. The van der Waals surface area contributed by atoms with E-state index >= 15 is 0 Å². The minimum Gasteiger partial charge on any atom is -0.319 e. The van der Waals surface area contributed by atoms with Crippen molar-refractivity contribution in [3.8, 4) is 0 Å². The van der Waals surface area contributed by atoms with Crippen LogP contribution < -0.4 is 10.5 Å². The molecule has 0 aliphatic carbocycles. The van der Waals surface area contributed by atoms with Crippen LogP contribution in [0, 0.1) is 6.92 Å². The van der Waals surface area contributed by atoms with Crippen molar-refractivity contribution in [3.05, 3.63) is 70.1 Å². The van der Waals surface area contributed by atoms with E-state index in [-0.39, 0.29) is 17.9 Å². The van der Waals surface area contributed by atoms with Crippen LogP contribution in [-0.4, -0.2) is 22.4 Å². The molecule has 2 aromatic carbocycles. The number of benzene rings is 2. The number of rotatable bonds is 5. The van der Waals surface area contributed by atoms with Crippen LogP contribution >= 0.6 is 0 Å². The molecule has 3 aromatic rings. The fourth-order valence-corrected chi connectivity index (χ4v) is 2.90. The highest BCUT2D eigenvalue weighted by molar-refractivity contribution is 5.93. The SMILES string of the molecule is CCN(C(=O)CCc1nc2ccccc2[nH]c1=O)c1cccc(C)c1. The first-order valence-electron chi connectivity index (χ1n) is 8.43. The molecule has 0 radical (unpaired) electrons. The molecule has 5 nitrogen and oxygen atoms in total. The van der Waals surface area contributed by atoms with Crippen molar-refractivity contribution >= 4 is 22.6 Å². The van der Waals surface area contributed by atoms with Crippen LogP contribution in [0.4, 0.5) is 5.69 Å². The Morgan fingerprint density at radius 2 is 1.96 bits per heavy atom. The van der Waals surface area contributed by atoms with Gasteiger partial charge in [0.05, 0.1) is 11.0 Å². The number of fused-ring (bicyclic) bond motifs is 1. The van der Waals surface area contributed by atoms with Gasteiger partial charge in [-0.25, -0.2) is 4.98 Å². The first-order chi connectivity index (χ1) is 12.1. The zero-order valence-electron chi connectivity index (χ0n) is 14.5. The fourth-order valence-electron chi connectivity index (χ4n) is 2.90. The molecule has 25 heavy (non-hydrogen) atoms. The van der Waals surface area contributed by atoms with E-state index in [0.29, 0.717) is 24.2 Å². The molecule has 128 valence electrons. The van der Waals surface area contributed by atoms with Crippen LogP contribution in [0.1, 0.15) is 24.6 Å². The largest absolute Gasteiger partial charge is 0.319 e. The van der Waals surface area contributed by atoms with Crippen molar-refractivity contribution in [2.75, 3.05) is 11.4 Å². The van der Waals surface area contributed by atoms with E-state index in [1.165, 1.54) is 0 Å². The number of anilines is 1. The predicted molar refractivity (Wildman–Crippen MR) is 99.9 cm³/mol. The van der Waals surface area contributed by atoms with Crippen LogP contribution in [0.2, 0.25) is 0 Å². The molecule has 0 fully saturated rings. The Bertz CT molecular complexity index is 962. The van der Waals surface area contributed by atoms with E-state index < -0.39 is 0 Å². The van der Waals surface area contributed by atoms with E-state index in [1.807, 2.05) is 62.4 Å². The Morgan fingerprint density at radius 3 is 2.72 bits per heavy atom. The lowest BCUT2D eigenvalue weighted by atomic mass is 10.1. The summed E-state index contributed by atoms with van der Waals surface area (Å²) in [5.74, 6) is -0.0116. The van der Waals surface area contributed by atoms with E-state index in [9.17, 15) is 9.59 Å². The summed E-state index contributed by atoms with van der Waals surface area (Å²) in [4.78, 5) is 33.7. The predicted octanol–water partition coefficient (Wildman–Crippen LogP) is 3.22. The molecule has 3 rings (SSSR count). The van der Waals surface area contributed by atoms with Gasteiger partial charge in [0.15, 0.2) is 0 Å². The number of nitrogens with one attached hydrogen (secondary N) is 1. The van der Waals surface area contributed by atoms with Gasteiger partial charge in [-0.3, -0.25) is 9.59 Å². The first-order valence-corrected chi connectivity index (χ1v) is 8.43. The average Bonchev–Trinajstić information content (AvgIpc) is 2.60. The summed E-state index contributed by atoms with van der Waals surface area (Å²) in [6.45, 7) is 4.53. The number of carbonyl (C=O) groups excluding carboxylic acids is 1. The smallest absolute Gasteiger partial charge is 0.270 e. The van der Waals surface area contributed by atoms with Crippen molar-refractivity contribution in [1.82, 2.24) is 9.97 Å². The zero-order chi connectivity index (χ0) is 17.8. The number of aromatic nitrogens is 2. The highest BCUT2D eigenvalue weighted by Crippen LogP contribution is 2.17. The van der Waals surface area contributed by atoms with Gasteiger partial charge < -0.3 is 9.88 Å². The summed E-state index contributed by atoms with van der Waals surface area (Å²) >= 11 is 0. The summed E-state index contributed by atoms with van der Waals surface area (Å²) in [5.41, 5.74) is 3.59. The minimum absolute atomic E-state index is 0.0116. The number of H-pyrrole nitrogens is 1. The molecule has 0 aliphatic heterocycles. The second-order valence-electron chi connectivity index (χ2n) is 6.01. The molecule has 0 saturated carbocycles. The molecule has 1 N–H and O–H groups in total. The Balaban J connectivity index is 1.77. The van der Waals surface area contributed by atoms with Crippen LogP contribution in [0.15, 0.2) is 53.3 Å². The van der Waals surface area contributed by atoms with Crippen LogP contribution in [0.3, 0.4) is 0 Å². The second-order valence-corrected chi connectivity index (χ2v) is 6.01. The maximum atomic E-state index is 12.6. The fraction of sp³-hybridized carbons (Fsp3) is 0.250. The van der Waals surface area contributed by atoms with Gasteiger partial charge in [0.1, 0.15) is 5.69 Å². The molecule has 1 amide bonds. The number of amides is 1. The summed E-state index contributed by atoms with van der Waals surface area (Å²) in [7, 11) is 0. The van der Waals surface area contributed by atoms with E-state index in [2.05, 4.69) is 9.97 Å². The van der Waals surface area contributed by atoms with Crippen LogP contribution in [0.25, 0.3) is 11.0 Å². The summed E-state index contributed by atoms with van der Waals surface area (Å²) in [6, 6.07) is 15.2. The lowest BCUT2D eigenvalue weighted by Crippen LogP contribution is -2.31. The molecular formula is C20H21N3O2. The van der Waals surface area contributed by atoms with Gasteiger partial charge in [-0.05, 0) is 43.7 Å². The van der Waals surface area contributed by atoms with Crippen molar-refractivity contribution in [2.24, 2.45) is 0 Å². The van der Waals surface area contributed by atoms with Crippen molar-refractivity contribution in [2.45, 2.75) is 26.7 Å². The Morgan fingerprint density at radius 1 is 1.16 bits per heavy atom. The highest BCUT2D eigenvalue weighted by Gasteiger charge is 2.15. The second kappa shape index (κ2) is 7.30. The molecule has 5 heteroatoms. The molecule has 0 unspecified atom stereocenters. The lowest BCUT2D eigenvalue weighted by Gasteiger charge is -2.21. The van der Waals surface area contributed by atoms with E-state index in [4.69, 9.17) is 0 Å². The average molecular weight is 335 g/mol. The molecule has 1 heterocycles. The van der Waals surface area contributed by atoms with Crippen LogP contribution in [-0.2, 0) is 11.2 Å². The van der Waals surface area contributed by atoms with Gasteiger partial charge in [0.2, 0.25) is 5.91 Å². The number of nitrogens with zero attached hydrogens (tertiary/aromatic N) is 2. The maximum absolute atomic E-state index is 12.6. The number of hydrogen-bond donors (Lipinski definition) is 1. The minimum atomic E-state index is -0.231. The Labute approximate surface area is 146 Å². The van der Waals surface area contributed by atoms with E-state index in [1.54, 1.807) is 4.90 Å². The number of hydrogen-bond acceptors (Lipinski definition) is 3. The van der Waals surface area contributed by atoms with Gasteiger partial charge in [0, 0.05) is 25.1 Å². The van der Waals surface area contributed by atoms with Crippen molar-refractivity contribution < 1.29 is 4.79 Å². The Kier molecular flexibility index (Phi) is 4.93. The quantitative estimate of drug-likeness (QED) is 0.778. The monoisotopic (exact) mass is 335 g/mol. The normalized spacial score (nSPS) is 10.8. The van der Waals surface area contributed by atoms with Gasteiger partial charge >= 0.3 is 0 Å². The van der Waals surface area contributed by atoms with Crippen LogP contribution in [0.5, 0.6) is 0 Å². The molecule has 0 saturated heterocycles. The van der Waals surface area contributed by atoms with Crippen molar-refractivity contribution in [1.29, 1.82) is 0 Å². The number of aromatic amines is 1. The molecule has 1 aromatic heterocycles. The van der Waals surface area contributed by atoms with E-state index in [0.717, 1.165) is 16.8 Å². The third-order valence-electron chi connectivity index (χ3n) is 4.18.